The SMILES string of the molecule is C#CC(O)Cc1ccccc1C. The van der Waals surface area contributed by atoms with Crippen LogP contribution in [0.4, 0.5) is 0 Å². The second-order valence-corrected chi connectivity index (χ2v) is 2.81. The van der Waals surface area contributed by atoms with Crippen molar-refractivity contribution in [1.29, 1.82) is 0 Å². The van der Waals surface area contributed by atoms with Gasteiger partial charge in [-0.2, -0.15) is 0 Å². The van der Waals surface area contributed by atoms with Gasteiger partial charge in [0.25, 0.3) is 0 Å². The van der Waals surface area contributed by atoms with Crippen LogP contribution < -0.4 is 0 Å². The van der Waals surface area contributed by atoms with E-state index in [0.29, 0.717) is 6.42 Å². The maximum Gasteiger partial charge on any atom is 0.118 e. The van der Waals surface area contributed by atoms with E-state index in [4.69, 9.17) is 6.42 Å². The van der Waals surface area contributed by atoms with E-state index in [1.165, 1.54) is 5.56 Å². The van der Waals surface area contributed by atoms with Crippen molar-refractivity contribution in [3.05, 3.63) is 35.4 Å². The van der Waals surface area contributed by atoms with E-state index in [0.717, 1.165) is 5.56 Å². The van der Waals surface area contributed by atoms with Gasteiger partial charge in [0.05, 0.1) is 0 Å². The number of aliphatic hydroxyl groups is 1. The Bertz CT molecular complexity index is 296. The van der Waals surface area contributed by atoms with Crippen LogP contribution in [-0.4, -0.2) is 11.2 Å². The molecule has 1 unspecified atom stereocenters. The van der Waals surface area contributed by atoms with E-state index >= 15 is 0 Å². The highest BCUT2D eigenvalue weighted by molar-refractivity contribution is 5.27. The average molecular weight is 160 g/mol. The van der Waals surface area contributed by atoms with Crippen LogP contribution in [0.15, 0.2) is 24.3 Å². The van der Waals surface area contributed by atoms with E-state index in [-0.39, 0.29) is 0 Å². The maximum absolute atomic E-state index is 9.20. The molecule has 0 aromatic heterocycles. The Kier molecular flexibility index (Phi) is 2.90. The fraction of sp³-hybridized carbons (Fsp3) is 0.273. The molecule has 1 rings (SSSR count). The standard InChI is InChI=1S/C11H12O/c1-3-11(12)8-10-7-5-4-6-9(10)2/h1,4-7,11-12H,8H2,2H3. The van der Waals surface area contributed by atoms with Crippen molar-refractivity contribution in [3.63, 3.8) is 0 Å². The zero-order chi connectivity index (χ0) is 8.97. The van der Waals surface area contributed by atoms with Crippen LogP contribution in [0.1, 0.15) is 11.1 Å². The molecule has 12 heavy (non-hydrogen) atoms. The number of benzene rings is 1. The first-order valence-corrected chi connectivity index (χ1v) is 3.92. The Hall–Kier alpha value is -1.26. The van der Waals surface area contributed by atoms with Crippen molar-refractivity contribution in [3.8, 4) is 12.3 Å². The summed E-state index contributed by atoms with van der Waals surface area (Å²) in [5, 5.41) is 9.20. The molecule has 0 saturated carbocycles. The second kappa shape index (κ2) is 3.94. The number of hydrogen-bond donors (Lipinski definition) is 1. The van der Waals surface area contributed by atoms with E-state index in [1.54, 1.807) is 0 Å². The second-order valence-electron chi connectivity index (χ2n) is 2.81. The van der Waals surface area contributed by atoms with Crippen molar-refractivity contribution >= 4 is 0 Å². The molecule has 1 N–H and O–H groups in total. The molecule has 0 spiro atoms. The predicted molar refractivity (Wildman–Crippen MR) is 49.7 cm³/mol. The number of aryl methyl sites for hydroxylation is 1. The van der Waals surface area contributed by atoms with Gasteiger partial charge in [-0.25, -0.2) is 0 Å². The van der Waals surface area contributed by atoms with Crippen molar-refractivity contribution in [1.82, 2.24) is 0 Å². The van der Waals surface area contributed by atoms with Gasteiger partial charge in [-0.05, 0) is 18.1 Å². The zero-order valence-corrected chi connectivity index (χ0v) is 7.12. The largest absolute Gasteiger partial charge is 0.380 e. The van der Waals surface area contributed by atoms with Crippen LogP contribution in [0, 0.1) is 19.3 Å². The Balaban J connectivity index is 2.77. The Morgan fingerprint density at radius 3 is 2.75 bits per heavy atom. The molecule has 0 radical (unpaired) electrons. The fourth-order valence-corrected chi connectivity index (χ4v) is 1.11. The van der Waals surface area contributed by atoms with E-state index < -0.39 is 6.10 Å². The third-order valence-electron chi connectivity index (χ3n) is 1.87. The quantitative estimate of drug-likeness (QED) is 0.650. The van der Waals surface area contributed by atoms with Crippen LogP contribution in [0.2, 0.25) is 0 Å². The molecule has 0 heterocycles. The van der Waals surface area contributed by atoms with Crippen LogP contribution in [0.5, 0.6) is 0 Å². The lowest BCUT2D eigenvalue weighted by atomic mass is 10.0. The van der Waals surface area contributed by atoms with Gasteiger partial charge in [0.2, 0.25) is 0 Å². The van der Waals surface area contributed by atoms with E-state index in [9.17, 15) is 5.11 Å². The summed E-state index contributed by atoms with van der Waals surface area (Å²) in [5.74, 6) is 2.30. The first-order valence-electron chi connectivity index (χ1n) is 3.92. The third-order valence-corrected chi connectivity index (χ3v) is 1.87. The molecule has 0 aliphatic carbocycles. The molecule has 0 saturated heterocycles. The summed E-state index contributed by atoms with van der Waals surface area (Å²) < 4.78 is 0. The topological polar surface area (TPSA) is 20.2 Å². The molecule has 0 aliphatic rings. The molecular formula is C11H12O. The lowest BCUT2D eigenvalue weighted by molar-refractivity contribution is 0.233. The van der Waals surface area contributed by atoms with Gasteiger partial charge in [-0.3, -0.25) is 0 Å². The first-order chi connectivity index (χ1) is 5.74. The number of rotatable bonds is 2. The summed E-state index contributed by atoms with van der Waals surface area (Å²) >= 11 is 0. The van der Waals surface area contributed by atoms with E-state index in [2.05, 4.69) is 5.92 Å². The minimum absolute atomic E-state index is 0.545. The molecule has 1 aromatic carbocycles. The molecule has 0 bridgehead atoms. The van der Waals surface area contributed by atoms with Gasteiger partial charge in [-0.1, -0.05) is 30.2 Å². The van der Waals surface area contributed by atoms with Crippen LogP contribution >= 0.6 is 0 Å². The molecule has 0 fully saturated rings. The summed E-state index contributed by atoms with van der Waals surface area (Å²) in [7, 11) is 0. The summed E-state index contributed by atoms with van der Waals surface area (Å²) in [6.07, 6.45) is 4.95. The monoisotopic (exact) mass is 160 g/mol. The zero-order valence-electron chi connectivity index (χ0n) is 7.12. The summed E-state index contributed by atoms with van der Waals surface area (Å²) in [6.45, 7) is 2.01. The maximum atomic E-state index is 9.20. The first kappa shape index (κ1) is 8.83. The summed E-state index contributed by atoms with van der Waals surface area (Å²) in [6, 6.07) is 7.92. The molecule has 1 aromatic rings. The van der Waals surface area contributed by atoms with Crippen LogP contribution in [0.25, 0.3) is 0 Å². The minimum Gasteiger partial charge on any atom is -0.380 e. The van der Waals surface area contributed by atoms with Crippen LogP contribution in [-0.2, 0) is 6.42 Å². The summed E-state index contributed by atoms with van der Waals surface area (Å²) in [4.78, 5) is 0. The van der Waals surface area contributed by atoms with Gasteiger partial charge in [0.1, 0.15) is 6.10 Å². The molecule has 1 nitrogen and oxygen atoms in total. The Labute approximate surface area is 73.0 Å². The third kappa shape index (κ3) is 2.11. The normalized spacial score (nSPS) is 12.1. The highest BCUT2D eigenvalue weighted by Crippen LogP contribution is 2.08. The molecular weight excluding hydrogens is 148 g/mol. The lowest BCUT2D eigenvalue weighted by Gasteiger charge is -2.06. The predicted octanol–water partition coefficient (Wildman–Crippen LogP) is 1.53. The smallest absolute Gasteiger partial charge is 0.118 e. The highest BCUT2D eigenvalue weighted by Gasteiger charge is 2.02. The Morgan fingerprint density at radius 2 is 2.17 bits per heavy atom. The minimum atomic E-state index is -0.661. The van der Waals surface area contributed by atoms with E-state index in [1.807, 2.05) is 31.2 Å². The molecule has 0 amide bonds. The number of aliphatic hydroxyl groups excluding tert-OH is 1. The molecule has 1 atom stereocenters. The molecule has 1 heteroatoms. The van der Waals surface area contributed by atoms with Gasteiger partial charge in [-0.15, -0.1) is 6.42 Å². The Morgan fingerprint density at radius 1 is 1.50 bits per heavy atom. The fourth-order valence-electron chi connectivity index (χ4n) is 1.11. The van der Waals surface area contributed by atoms with Gasteiger partial charge < -0.3 is 5.11 Å². The lowest BCUT2D eigenvalue weighted by Crippen LogP contribution is -2.07. The number of terminal acetylenes is 1. The van der Waals surface area contributed by atoms with Gasteiger partial charge >= 0.3 is 0 Å². The van der Waals surface area contributed by atoms with Gasteiger partial charge in [0.15, 0.2) is 0 Å². The number of hydrogen-bond acceptors (Lipinski definition) is 1. The van der Waals surface area contributed by atoms with Gasteiger partial charge in [0, 0.05) is 6.42 Å². The average Bonchev–Trinajstić information content (AvgIpc) is 2.09. The molecule has 0 aliphatic heterocycles. The van der Waals surface area contributed by atoms with Crippen molar-refractivity contribution < 1.29 is 5.11 Å². The van der Waals surface area contributed by atoms with Crippen molar-refractivity contribution in [2.24, 2.45) is 0 Å². The summed E-state index contributed by atoms with van der Waals surface area (Å²) in [5.41, 5.74) is 2.29. The molecule has 62 valence electrons. The van der Waals surface area contributed by atoms with Crippen LogP contribution in [0.3, 0.4) is 0 Å². The van der Waals surface area contributed by atoms with Crippen molar-refractivity contribution in [2.75, 3.05) is 0 Å². The van der Waals surface area contributed by atoms with Crippen molar-refractivity contribution in [2.45, 2.75) is 19.4 Å². The highest BCUT2D eigenvalue weighted by atomic mass is 16.3.